The molecule has 1 aromatic rings. The standard InChI is InChI=1S/C16H24N2O2/c1-12(14-6-4-5-7-15(14)20-3)18(2)16(19)13-8-10-17-11-9-13/h4-7,12-13,17H,8-11H2,1-3H3. The van der Waals surface area contributed by atoms with Crippen LogP contribution in [0.5, 0.6) is 5.75 Å². The summed E-state index contributed by atoms with van der Waals surface area (Å²) in [6.07, 6.45) is 1.86. The van der Waals surface area contributed by atoms with Crippen LogP contribution in [0.25, 0.3) is 0 Å². The van der Waals surface area contributed by atoms with E-state index >= 15 is 0 Å². The fourth-order valence-electron chi connectivity index (χ4n) is 2.77. The molecule has 1 atom stereocenters. The van der Waals surface area contributed by atoms with E-state index in [9.17, 15) is 4.79 Å². The van der Waals surface area contributed by atoms with Gasteiger partial charge in [-0.2, -0.15) is 0 Å². The molecule has 4 heteroatoms. The van der Waals surface area contributed by atoms with Gasteiger partial charge in [0.05, 0.1) is 13.2 Å². The number of hydrogen-bond donors (Lipinski definition) is 1. The van der Waals surface area contributed by atoms with Gasteiger partial charge >= 0.3 is 0 Å². The topological polar surface area (TPSA) is 41.6 Å². The molecule has 1 unspecified atom stereocenters. The first-order chi connectivity index (χ1) is 9.65. The Bertz CT molecular complexity index is 456. The van der Waals surface area contributed by atoms with Crippen LogP contribution >= 0.6 is 0 Å². The molecule has 0 radical (unpaired) electrons. The van der Waals surface area contributed by atoms with Gasteiger partial charge in [0, 0.05) is 18.5 Å². The molecule has 0 saturated carbocycles. The lowest BCUT2D eigenvalue weighted by molar-refractivity contribution is -0.137. The maximum Gasteiger partial charge on any atom is 0.226 e. The zero-order valence-electron chi connectivity index (χ0n) is 12.6. The van der Waals surface area contributed by atoms with Crippen molar-refractivity contribution >= 4 is 5.91 Å². The van der Waals surface area contributed by atoms with E-state index in [1.165, 1.54) is 0 Å². The minimum Gasteiger partial charge on any atom is -0.496 e. The summed E-state index contributed by atoms with van der Waals surface area (Å²) in [5.41, 5.74) is 1.06. The van der Waals surface area contributed by atoms with Gasteiger partial charge in [-0.05, 0) is 38.9 Å². The fraction of sp³-hybridized carbons (Fsp3) is 0.562. The molecule has 1 fully saturated rings. The lowest BCUT2D eigenvalue weighted by Crippen LogP contribution is -2.40. The molecule has 110 valence electrons. The highest BCUT2D eigenvalue weighted by molar-refractivity contribution is 5.79. The van der Waals surface area contributed by atoms with Crippen molar-refractivity contribution in [1.29, 1.82) is 0 Å². The number of ether oxygens (including phenoxy) is 1. The van der Waals surface area contributed by atoms with Crippen LogP contribution < -0.4 is 10.1 Å². The molecule has 1 aromatic carbocycles. The summed E-state index contributed by atoms with van der Waals surface area (Å²) in [6.45, 7) is 3.93. The Morgan fingerprint density at radius 1 is 1.35 bits per heavy atom. The van der Waals surface area contributed by atoms with Crippen LogP contribution in [0.4, 0.5) is 0 Å². The predicted octanol–water partition coefficient (Wildman–Crippen LogP) is 2.21. The second-order valence-electron chi connectivity index (χ2n) is 5.39. The van der Waals surface area contributed by atoms with Crippen LogP contribution in [0.3, 0.4) is 0 Å². The molecule has 1 amide bonds. The monoisotopic (exact) mass is 276 g/mol. The number of para-hydroxylation sites is 1. The molecular formula is C16H24N2O2. The second kappa shape index (κ2) is 6.75. The summed E-state index contributed by atoms with van der Waals surface area (Å²) >= 11 is 0. The molecule has 1 N–H and O–H groups in total. The Morgan fingerprint density at radius 3 is 2.65 bits per heavy atom. The average molecular weight is 276 g/mol. The number of nitrogens with zero attached hydrogens (tertiary/aromatic N) is 1. The van der Waals surface area contributed by atoms with Crippen molar-refractivity contribution in [3.05, 3.63) is 29.8 Å². The van der Waals surface area contributed by atoms with Crippen LogP contribution in [0.2, 0.25) is 0 Å². The zero-order valence-corrected chi connectivity index (χ0v) is 12.6. The molecule has 1 heterocycles. The molecule has 4 nitrogen and oxygen atoms in total. The maximum atomic E-state index is 12.6. The van der Waals surface area contributed by atoms with Crippen LogP contribution in [0, 0.1) is 5.92 Å². The molecule has 0 aromatic heterocycles. The Kier molecular flexibility index (Phi) is 5.01. The number of piperidine rings is 1. The highest BCUT2D eigenvalue weighted by atomic mass is 16.5. The fourth-order valence-corrected chi connectivity index (χ4v) is 2.77. The lowest BCUT2D eigenvalue weighted by Gasteiger charge is -2.31. The van der Waals surface area contributed by atoms with E-state index in [1.807, 2.05) is 36.2 Å². The smallest absolute Gasteiger partial charge is 0.226 e. The summed E-state index contributed by atoms with van der Waals surface area (Å²) < 4.78 is 5.39. The molecule has 0 bridgehead atoms. The van der Waals surface area contributed by atoms with Gasteiger partial charge in [0.25, 0.3) is 0 Å². The van der Waals surface area contributed by atoms with E-state index in [-0.39, 0.29) is 17.9 Å². The molecule has 20 heavy (non-hydrogen) atoms. The number of hydrogen-bond acceptors (Lipinski definition) is 3. The molecule has 0 aliphatic carbocycles. The maximum absolute atomic E-state index is 12.6. The Hall–Kier alpha value is -1.55. The van der Waals surface area contributed by atoms with Gasteiger partial charge in [-0.25, -0.2) is 0 Å². The van der Waals surface area contributed by atoms with Gasteiger partial charge in [0.1, 0.15) is 5.75 Å². The van der Waals surface area contributed by atoms with E-state index in [0.29, 0.717) is 0 Å². The van der Waals surface area contributed by atoms with E-state index in [4.69, 9.17) is 4.74 Å². The SMILES string of the molecule is COc1ccccc1C(C)N(C)C(=O)C1CCNCC1. The first-order valence-corrected chi connectivity index (χ1v) is 7.25. The Labute approximate surface area is 121 Å². The van der Waals surface area contributed by atoms with Gasteiger partial charge < -0.3 is 15.0 Å². The normalized spacial score (nSPS) is 17.6. The summed E-state index contributed by atoms with van der Waals surface area (Å²) in [5.74, 6) is 1.23. The van der Waals surface area contributed by atoms with Crippen molar-refractivity contribution in [1.82, 2.24) is 10.2 Å². The summed E-state index contributed by atoms with van der Waals surface area (Å²) in [7, 11) is 3.56. The van der Waals surface area contributed by atoms with E-state index in [1.54, 1.807) is 7.11 Å². The third-order valence-corrected chi connectivity index (χ3v) is 4.21. The van der Waals surface area contributed by atoms with Crippen LogP contribution in [-0.4, -0.2) is 38.1 Å². The highest BCUT2D eigenvalue weighted by Crippen LogP contribution is 2.29. The van der Waals surface area contributed by atoms with Crippen molar-refractivity contribution in [3.63, 3.8) is 0 Å². The quantitative estimate of drug-likeness (QED) is 0.917. The molecule has 1 aliphatic heterocycles. The first kappa shape index (κ1) is 14.9. The summed E-state index contributed by atoms with van der Waals surface area (Å²) in [4.78, 5) is 14.4. The number of carbonyl (C=O) groups excluding carboxylic acids is 1. The van der Waals surface area contributed by atoms with E-state index in [0.717, 1.165) is 37.2 Å². The molecule has 0 spiro atoms. The number of rotatable bonds is 4. The van der Waals surface area contributed by atoms with Gasteiger partial charge in [-0.15, -0.1) is 0 Å². The Morgan fingerprint density at radius 2 is 2.00 bits per heavy atom. The van der Waals surface area contributed by atoms with E-state index in [2.05, 4.69) is 12.2 Å². The predicted molar refractivity (Wildman–Crippen MR) is 79.8 cm³/mol. The zero-order chi connectivity index (χ0) is 14.5. The minimum absolute atomic E-state index is 0.0218. The number of methoxy groups -OCH3 is 1. The van der Waals surface area contributed by atoms with Crippen LogP contribution in [0.1, 0.15) is 31.4 Å². The molecule has 1 saturated heterocycles. The third kappa shape index (κ3) is 3.12. The van der Waals surface area contributed by atoms with Crippen molar-refractivity contribution in [2.75, 3.05) is 27.2 Å². The van der Waals surface area contributed by atoms with Gasteiger partial charge in [-0.3, -0.25) is 4.79 Å². The van der Waals surface area contributed by atoms with E-state index < -0.39 is 0 Å². The van der Waals surface area contributed by atoms with Gasteiger partial charge in [0.15, 0.2) is 0 Å². The van der Waals surface area contributed by atoms with Gasteiger partial charge in [-0.1, -0.05) is 18.2 Å². The first-order valence-electron chi connectivity index (χ1n) is 7.25. The van der Waals surface area contributed by atoms with Crippen LogP contribution in [0.15, 0.2) is 24.3 Å². The third-order valence-electron chi connectivity index (χ3n) is 4.21. The Balaban J connectivity index is 2.11. The molecular weight excluding hydrogens is 252 g/mol. The number of amides is 1. The van der Waals surface area contributed by atoms with Crippen molar-refractivity contribution in [2.45, 2.75) is 25.8 Å². The van der Waals surface area contributed by atoms with Crippen LogP contribution in [-0.2, 0) is 4.79 Å². The summed E-state index contributed by atoms with van der Waals surface area (Å²) in [5, 5.41) is 3.30. The summed E-state index contributed by atoms with van der Waals surface area (Å²) in [6, 6.07) is 7.92. The highest BCUT2D eigenvalue weighted by Gasteiger charge is 2.27. The van der Waals surface area contributed by atoms with Gasteiger partial charge in [0.2, 0.25) is 5.91 Å². The van der Waals surface area contributed by atoms with Crippen molar-refractivity contribution in [2.24, 2.45) is 5.92 Å². The second-order valence-corrected chi connectivity index (χ2v) is 5.39. The van der Waals surface area contributed by atoms with Crippen molar-refractivity contribution < 1.29 is 9.53 Å². The number of benzene rings is 1. The average Bonchev–Trinajstić information content (AvgIpc) is 2.53. The number of carbonyl (C=O) groups is 1. The lowest BCUT2D eigenvalue weighted by atomic mass is 9.95. The molecule has 1 aliphatic rings. The minimum atomic E-state index is 0.0218. The molecule has 2 rings (SSSR count). The largest absolute Gasteiger partial charge is 0.496 e. The number of nitrogens with one attached hydrogen (secondary N) is 1. The van der Waals surface area contributed by atoms with Crippen molar-refractivity contribution in [3.8, 4) is 5.75 Å².